The number of nitrogens with two attached hydrogens (primary N) is 1. The molecule has 0 saturated carbocycles. The van der Waals surface area contributed by atoms with E-state index in [1.165, 1.54) is 0 Å². The molecule has 0 aromatic rings. The molecule has 0 aliphatic heterocycles. The Morgan fingerprint density at radius 1 is 1.50 bits per heavy atom. The molecule has 0 aliphatic carbocycles. The van der Waals surface area contributed by atoms with Gasteiger partial charge in [0, 0.05) is 0 Å². The van der Waals surface area contributed by atoms with Crippen LogP contribution in [0.3, 0.4) is 0 Å². The molecule has 60 valence electrons. The summed E-state index contributed by atoms with van der Waals surface area (Å²) < 4.78 is 14.5. The molecule has 10 heavy (non-hydrogen) atoms. The number of amidine groups is 1. The molecule has 0 fully saturated rings. The zero-order valence-electron chi connectivity index (χ0n) is 6.84. The van der Waals surface area contributed by atoms with Crippen LogP contribution in [0.1, 0.15) is 27.7 Å². The molecule has 4 heteroatoms. The molecule has 1 atom stereocenters. The second kappa shape index (κ2) is 3.14. The number of hydrogen-bond donors (Lipinski definition) is 1. The first-order valence-electron chi connectivity index (χ1n) is 3.07. The van der Waals surface area contributed by atoms with Gasteiger partial charge in [0.05, 0.1) is 4.75 Å². The van der Waals surface area contributed by atoms with Gasteiger partial charge in [0.1, 0.15) is 16.8 Å². The van der Waals surface area contributed by atoms with Gasteiger partial charge < -0.3 is 5.73 Å². The molecule has 0 radical (unpaired) electrons. The minimum absolute atomic E-state index is 0.305. The molecule has 0 bridgehead atoms. The van der Waals surface area contributed by atoms with Crippen LogP contribution in [0.15, 0.2) is 4.40 Å². The van der Waals surface area contributed by atoms with Crippen LogP contribution in [0.5, 0.6) is 0 Å². The van der Waals surface area contributed by atoms with E-state index in [1.807, 2.05) is 20.8 Å². The maximum absolute atomic E-state index is 11.1. The summed E-state index contributed by atoms with van der Waals surface area (Å²) in [7, 11) is -1.20. The highest BCUT2D eigenvalue weighted by Crippen LogP contribution is 2.11. The molecule has 0 saturated heterocycles. The van der Waals surface area contributed by atoms with Crippen LogP contribution in [-0.4, -0.2) is 14.8 Å². The monoisotopic (exact) mass is 162 g/mol. The van der Waals surface area contributed by atoms with E-state index in [4.69, 9.17) is 5.73 Å². The first kappa shape index (κ1) is 9.62. The van der Waals surface area contributed by atoms with E-state index < -0.39 is 11.0 Å². The Balaban J connectivity index is 4.27. The fourth-order valence-corrected chi connectivity index (χ4v) is 0.803. The topological polar surface area (TPSA) is 55.4 Å². The van der Waals surface area contributed by atoms with Crippen molar-refractivity contribution in [3.63, 3.8) is 0 Å². The Labute approximate surface area is 64.3 Å². The van der Waals surface area contributed by atoms with Gasteiger partial charge in [-0.25, -0.2) is 4.21 Å². The fraction of sp³-hybridized carbons (Fsp3) is 0.833. The SMILES string of the molecule is CC(N)=NS(=O)C(C)(C)C. The Hall–Kier alpha value is -0.380. The lowest BCUT2D eigenvalue weighted by molar-refractivity contribution is 0.650. The zero-order chi connectivity index (χ0) is 8.36. The third kappa shape index (κ3) is 3.61. The molecule has 0 aromatic carbocycles. The summed E-state index contributed by atoms with van der Waals surface area (Å²) in [6.07, 6.45) is 0. The minimum atomic E-state index is -1.20. The van der Waals surface area contributed by atoms with E-state index in [-0.39, 0.29) is 4.75 Å². The van der Waals surface area contributed by atoms with E-state index in [2.05, 4.69) is 4.40 Å². The molecule has 0 aliphatic rings. The van der Waals surface area contributed by atoms with Gasteiger partial charge in [-0.15, -0.1) is 0 Å². The van der Waals surface area contributed by atoms with Gasteiger partial charge in [-0.1, -0.05) is 0 Å². The lowest BCUT2D eigenvalue weighted by Crippen LogP contribution is -2.22. The van der Waals surface area contributed by atoms with Crippen molar-refractivity contribution in [1.82, 2.24) is 0 Å². The van der Waals surface area contributed by atoms with Gasteiger partial charge >= 0.3 is 0 Å². The first-order valence-corrected chi connectivity index (χ1v) is 4.17. The van der Waals surface area contributed by atoms with Crippen LogP contribution in [0.4, 0.5) is 0 Å². The Bertz CT molecular complexity index is 165. The minimum Gasteiger partial charge on any atom is -0.387 e. The largest absolute Gasteiger partial charge is 0.387 e. The molecule has 0 rings (SSSR count). The summed E-state index contributed by atoms with van der Waals surface area (Å²) in [6, 6.07) is 0. The van der Waals surface area contributed by atoms with Gasteiger partial charge in [-0.05, 0) is 27.7 Å². The van der Waals surface area contributed by atoms with Crippen molar-refractivity contribution in [3.05, 3.63) is 0 Å². The van der Waals surface area contributed by atoms with Gasteiger partial charge in [-0.2, -0.15) is 4.40 Å². The first-order chi connectivity index (χ1) is 4.34. The Kier molecular flexibility index (Phi) is 3.02. The lowest BCUT2D eigenvalue weighted by atomic mass is 10.3. The molecule has 2 N–H and O–H groups in total. The Morgan fingerprint density at radius 3 is 2.00 bits per heavy atom. The quantitative estimate of drug-likeness (QED) is 0.458. The summed E-state index contributed by atoms with van der Waals surface area (Å²) in [5.74, 6) is 0.369. The summed E-state index contributed by atoms with van der Waals surface area (Å²) in [5.41, 5.74) is 5.25. The van der Waals surface area contributed by atoms with Crippen molar-refractivity contribution < 1.29 is 4.21 Å². The maximum atomic E-state index is 11.1. The fourth-order valence-electron chi connectivity index (χ4n) is 0.268. The lowest BCUT2D eigenvalue weighted by Gasteiger charge is -2.12. The Morgan fingerprint density at radius 2 is 1.90 bits per heavy atom. The van der Waals surface area contributed by atoms with Gasteiger partial charge in [0.25, 0.3) is 0 Å². The summed E-state index contributed by atoms with van der Waals surface area (Å²) in [6.45, 7) is 7.20. The second-order valence-electron chi connectivity index (χ2n) is 3.09. The predicted molar refractivity (Wildman–Crippen MR) is 45.2 cm³/mol. The van der Waals surface area contributed by atoms with Gasteiger partial charge in [0.15, 0.2) is 0 Å². The van der Waals surface area contributed by atoms with Crippen molar-refractivity contribution in [3.8, 4) is 0 Å². The van der Waals surface area contributed by atoms with Gasteiger partial charge in [0.2, 0.25) is 0 Å². The molecule has 0 aromatic heterocycles. The average molecular weight is 162 g/mol. The van der Waals surface area contributed by atoms with E-state index in [9.17, 15) is 4.21 Å². The van der Waals surface area contributed by atoms with Crippen molar-refractivity contribution in [2.45, 2.75) is 32.4 Å². The maximum Gasteiger partial charge on any atom is 0.146 e. The number of rotatable bonds is 1. The number of nitrogens with zero attached hydrogens (tertiary/aromatic N) is 1. The van der Waals surface area contributed by atoms with Crippen LogP contribution in [0.2, 0.25) is 0 Å². The predicted octanol–water partition coefficient (Wildman–Crippen LogP) is 0.826. The van der Waals surface area contributed by atoms with Crippen molar-refractivity contribution in [1.29, 1.82) is 0 Å². The zero-order valence-corrected chi connectivity index (χ0v) is 7.66. The molecule has 0 spiro atoms. The van der Waals surface area contributed by atoms with Crippen LogP contribution in [0, 0.1) is 0 Å². The van der Waals surface area contributed by atoms with Crippen LogP contribution in [0.25, 0.3) is 0 Å². The third-order valence-electron chi connectivity index (χ3n) is 0.751. The van der Waals surface area contributed by atoms with Gasteiger partial charge in [-0.3, -0.25) is 0 Å². The highest BCUT2D eigenvalue weighted by molar-refractivity contribution is 7.85. The van der Waals surface area contributed by atoms with Crippen molar-refractivity contribution >= 4 is 16.8 Å². The highest BCUT2D eigenvalue weighted by Gasteiger charge is 2.18. The van der Waals surface area contributed by atoms with Crippen LogP contribution < -0.4 is 5.73 Å². The number of hydrogen-bond acceptors (Lipinski definition) is 1. The molecule has 3 nitrogen and oxygen atoms in total. The molecular weight excluding hydrogens is 148 g/mol. The van der Waals surface area contributed by atoms with Crippen molar-refractivity contribution in [2.75, 3.05) is 0 Å². The standard InChI is InChI=1S/C6H14N2OS/c1-5(7)8-10(9)6(2,3)4/h1-4H3,(H2,7,8). The van der Waals surface area contributed by atoms with Crippen molar-refractivity contribution in [2.24, 2.45) is 10.1 Å². The van der Waals surface area contributed by atoms with E-state index in [0.29, 0.717) is 5.84 Å². The summed E-state index contributed by atoms with van der Waals surface area (Å²) in [4.78, 5) is 0. The van der Waals surface area contributed by atoms with Crippen LogP contribution in [-0.2, 0) is 11.0 Å². The summed E-state index contributed by atoms with van der Waals surface area (Å²) in [5, 5.41) is 0. The second-order valence-corrected chi connectivity index (χ2v) is 5.00. The molecular formula is C6H14N2OS. The molecule has 1 unspecified atom stereocenters. The summed E-state index contributed by atoms with van der Waals surface area (Å²) >= 11 is 0. The smallest absolute Gasteiger partial charge is 0.146 e. The normalized spacial score (nSPS) is 17.0. The molecule has 0 amide bonds. The van der Waals surface area contributed by atoms with E-state index in [0.717, 1.165) is 0 Å². The van der Waals surface area contributed by atoms with E-state index >= 15 is 0 Å². The van der Waals surface area contributed by atoms with E-state index in [1.54, 1.807) is 6.92 Å². The average Bonchev–Trinajstić information content (AvgIpc) is 1.60. The molecule has 0 heterocycles. The highest BCUT2D eigenvalue weighted by atomic mass is 32.2. The third-order valence-corrected chi connectivity index (χ3v) is 2.25. The van der Waals surface area contributed by atoms with Crippen LogP contribution >= 0.6 is 0 Å².